The van der Waals surface area contributed by atoms with E-state index in [1.165, 1.54) is 5.56 Å². The average molecular weight is 190 g/mol. The molecule has 1 atom stereocenters. The Morgan fingerprint density at radius 1 is 1.21 bits per heavy atom. The lowest BCUT2D eigenvalue weighted by atomic mass is 9.99. The second-order valence-corrected chi connectivity index (χ2v) is 5.08. The normalized spacial score (nSPS) is 28.8. The molecule has 0 aliphatic heterocycles. The van der Waals surface area contributed by atoms with Crippen LogP contribution >= 0.6 is 0 Å². The van der Waals surface area contributed by atoms with E-state index in [1.807, 2.05) is 6.07 Å². The molecule has 0 aromatic heterocycles. The van der Waals surface area contributed by atoms with Gasteiger partial charge in [-0.3, -0.25) is 0 Å². The van der Waals surface area contributed by atoms with Crippen molar-refractivity contribution in [2.75, 3.05) is 0 Å². The SMILES string of the molecule is CC1(C)CC1(O)CCc1ccccc1. The molecule has 1 aliphatic rings. The van der Waals surface area contributed by atoms with Crippen LogP contribution in [0, 0.1) is 5.41 Å². The number of hydrogen-bond donors (Lipinski definition) is 1. The Bertz CT molecular complexity index is 315. The third kappa shape index (κ3) is 1.69. The van der Waals surface area contributed by atoms with E-state index in [0.717, 1.165) is 19.3 Å². The molecule has 2 rings (SSSR count). The zero-order valence-corrected chi connectivity index (χ0v) is 8.96. The summed E-state index contributed by atoms with van der Waals surface area (Å²) >= 11 is 0. The monoisotopic (exact) mass is 190 g/mol. The van der Waals surface area contributed by atoms with Crippen molar-refractivity contribution >= 4 is 0 Å². The predicted octanol–water partition coefficient (Wildman–Crippen LogP) is 2.78. The molecule has 1 fully saturated rings. The van der Waals surface area contributed by atoms with Crippen LogP contribution in [0.3, 0.4) is 0 Å². The van der Waals surface area contributed by atoms with E-state index in [1.54, 1.807) is 0 Å². The lowest BCUT2D eigenvalue weighted by Gasteiger charge is -2.13. The number of aliphatic hydroxyl groups is 1. The number of hydrogen-bond acceptors (Lipinski definition) is 1. The highest BCUT2D eigenvalue weighted by Gasteiger charge is 2.59. The first kappa shape index (κ1) is 9.72. The number of benzene rings is 1. The maximum absolute atomic E-state index is 10.1. The lowest BCUT2D eigenvalue weighted by Crippen LogP contribution is -2.16. The van der Waals surface area contributed by atoms with Gasteiger partial charge in [-0.05, 0) is 30.2 Å². The summed E-state index contributed by atoms with van der Waals surface area (Å²) in [6, 6.07) is 10.4. The van der Waals surface area contributed by atoms with Gasteiger partial charge in [0.25, 0.3) is 0 Å². The molecule has 1 heteroatoms. The quantitative estimate of drug-likeness (QED) is 0.777. The summed E-state index contributed by atoms with van der Waals surface area (Å²) in [5, 5.41) is 10.1. The van der Waals surface area contributed by atoms with E-state index in [4.69, 9.17) is 0 Å². The number of rotatable bonds is 3. The molecule has 0 bridgehead atoms. The lowest BCUT2D eigenvalue weighted by molar-refractivity contribution is 0.100. The van der Waals surface area contributed by atoms with E-state index in [0.29, 0.717) is 0 Å². The molecule has 1 saturated carbocycles. The van der Waals surface area contributed by atoms with E-state index in [2.05, 4.69) is 38.1 Å². The van der Waals surface area contributed by atoms with Crippen LogP contribution in [0.15, 0.2) is 30.3 Å². The molecular formula is C13H18O. The Morgan fingerprint density at radius 2 is 1.79 bits per heavy atom. The van der Waals surface area contributed by atoms with Gasteiger partial charge in [-0.2, -0.15) is 0 Å². The summed E-state index contributed by atoms with van der Waals surface area (Å²) in [6.07, 6.45) is 2.83. The average Bonchev–Trinajstić information content (AvgIpc) is 2.65. The second-order valence-electron chi connectivity index (χ2n) is 5.08. The first-order valence-electron chi connectivity index (χ1n) is 5.30. The molecule has 1 N–H and O–H groups in total. The predicted molar refractivity (Wildman–Crippen MR) is 58.1 cm³/mol. The molecule has 0 saturated heterocycles. The molecule has 1 unspecified atom stereocenters. The maximum Gasteiger partial charge on any atom is 0.0708 e. The molecule has 1 aromatic carbocycles. The summed E-state index contributed by atoms with van der Waals surface area (Å²) in [4.78, 5) is 0. The summed E-state index contributed by atoms with van der Waals surface area (Å²) in [5.41, 5.74) is 1.06. The minimum atomic E-state index is -0.400. The van der Waals surface area contributed by atoms with E-state index < -0.39 is 5.60 Å². The van der Waals surface area contributed by atoms with Crippen molar-refractivity contribution in [3.05, 3.63) is 35.9 Å². The van der Waals surface area contributed by atoms with Crippen molar-refractivity contribution in [2.45, 2.75) is 38.7 Å². The van der Waals surface area contributed by atoms with Crippen molar-refractivity contribution in [3.8, 4) is 0 Å². The Labute approximate surface area is 85.8 Å². The highest BCUT2D eigenvalue weighted by Crippen LogP contribution is 2.57. The molecular weight excluding hydrogens is 172 g/mol. The van der Waals surface area contributed by atoms with Crippen LogP contribution in [0.4, 0.5) is 0 Å². The van der Waals surface area contributed by atoms with E-state index >= 15 is 0 Å². The zero-order valence-electron chi connectivity index (χ0n) is 8.96. The summed E-state index contributed by atoms with van der Waals surface area (Å²) < 4.78 is 0. The molecule has 14 heavy (non-hydrogen) atoms. The van der Waals surface area contributed by atoms with Gasteiger partial charge in [0.05, 0.1) is 5.60 Å². The second kappa shape index (κ2) is 3.09. The van der Waals surface area contributed by atoms with Crippen molar-refractivity contribution in [1.82, 2.24) is 0 Å². The van der Waals surface area contributed by atoms with Crippen molar-refractivity contribution < 1.29 is 5.11 Å². The fraction of sp³-hybridized carbons (Fsp3) is 0.538. The molecule has 1 nitrogen and oxygen atoms in total. The first-order chi connectivity index (χ1) is 6.54. The van der Waals surface area contributed by atoms with Crippen LogP contribution in [-0.4, -0.2) is 10.7 Å². The summed E-state index contributed by atoms with van der Waals surface area (Å²) in [6.45, 7) is 4.27. The van der Waals surface area contributed by atoms with E-state index in [-0.39, 0.29) is 5.41 Å². The van der Waals surface area contributed by atoms with Gasteiger partial charge in [-0.25, -0.2) is 0 Å². The van der Waals surface area contributed by atoms with Gasteiger partial charge in [0.1, 0.15) is 0 Å². The maximum atomic E-state index is 10.1. The van der Waals surface area contributed by atoms with Gasteiger partial charge in [-0.1, -0.05) is 44.2 Å². The van der Waals surface area contributed by atoms with Crippen molar-refractivity contribution in [1.29, 1.82) is 0 Å². The Morgan fingerprint density at radius 3 is 2.29 bits per heavy atom. The van der Waals surface area contributed by atoms with Gasteiger partial charge >= 0.3 is 0 Å². The Kier molecular flexibility index (Phi) is 2.15. The van der Waals surface area contributed by atoms with Gasteiger partial charge in [0.2, 0.25) is 0 Å². The van der Waals surface area contributed by atoms with Crippen molar-refractivity contribution in [2.24, 2.45) is 5.41 Å². The summed E-state index contributed by atoms with van der Waals surface area (Å²) in [5.74, 6) is 0. The van der Waals surface area contributed by atoms with Crippen LogP contribution in [0.1, 0.15) is 32.3 Å². The van der Waals surface area contributed by atoms with E-state index in [9.17, 15) is 5.11 Å². The molecule has 0 spiro atoms. The van der Waals surface area contributed by atoms with Crippen LogP contribution in [0.2, 0.25) is 0 Å². The van der Waals surface area contributed by atoms with Crippen LogP contribution in [0.25, 0.3) is 0 Å². The smallest absolute Gasteiger partial charge is 0.0708 e. The standard InChI is InChI=1S/C13H18O/c1-12(2)10-13(12,14)9-8-11-6-4-3-5-7-11/h3-7,14H,8-10H2,1-2H3. The molecule has 0 heterocycles. The van der Waals surface area contributed by atoms with Crippen LogP contribution in [0.5, 0.6) is 0 Å². The van der Waals surface area contributed by atoms with Crippen LogP contribution < -0.4 is 0 Å². The minimum Gasteiger partial charge on any atom is -0.389 e. The van der Waals surface area contributed by atoms with Gasteiger partial charge < -0.3 is 5.11 Å². The minimum absolute atomic E-state index is 0.141. The Balaban J connectivity index is 1.91. The molecule has 0 radical (unpaired) electrons. The summed E-state index contributed by atoms with van der Waals surface area (Å²) in [7, 11) is 0. The van der Waals surface area contributed by atoms with Gasteiger partial charge in [0.15, 0.2) is 0 Å². The van der Waals surface area contributed by atoms with Crippen LogP contribution in [-0.2, 0) is 6.42 Å². The molecule has 1 aromatic rings. The molecule has 76 valence electrons. The zero-order chi connectivity index (χ0) is 10.2. The highest BCUT2D eigenvalue weighted by molar-refractivity contribution is 5.18. The third-order valence-corrected chi connectivity index (χ3v) is 3.54. The highest BCUT2D eigenvalue weighted by atomic mass is 16.3. The number of aryl methyl sites for hydroxylation is 1. The molecule has 1 aliphatic carbocycles. The largest absolute Gasteiger partial charge is 0.389 e. The molecule has 0 amide bonds. The fourth-order valence-corrected chi connectivity index (χ4v) is 2.11. The van der Waals surface area contributed by atoms with Gasteiger partial charge in [0, 0.05) is 0 Å². The van der Waals surface area contributed by atoms with Crippen molar-refractivity contribution in [3.63, 3.8) is 0 Å². The third-order valence-electron chi connectivity index (χ3n) is 3.54. The van der Waals surface area contributed by atoms with Gasteiger partial charge in [-0.15, -0.1) is 0 Å². The first-order valence-corrected chi connectivity index (χ1v) is 5.30. The Hall–Kier alpha value is -0.820. The fourth-order valence-electron chi connectivity index (χ4n) is 2.11. The topological polar surface area (TPSA) is 20.2 Å².